The molecule has 2 aromatic rings. The van der Waals surface area contributed by atoms with Gasteiger partial charge >= 0.3 is 0 Å². The van der Waals surface area contributed by atoms with Crippen LogP contribution in [0.5, 0.6) is 5.75 Å². The zero-order chi connectivity index (χ0) is 13.7. The smallest absolute Gasteiger partial charge is 0.134 e. The highest BCUT2D eigenvalue weighted by Gasteiger charge is 2.05. The van der Waals surface area contributed by atoms with E-state index in [1.54, 1.807) is 0 Å². The van der Waals surface area contributed by atoms with E-state index < -0.39 is 0 Å². The summed E-state index contributed by atoms with van der Waals surface area (Å²) in [6.07, 6.45) is 0.876. The third-order valence-electron chi connectivity index (χ3n) is 2.81. The molecule has 2 rings (SSSR count). The van der Waals surface area contributed by atoms with Crippen LogP contribution in [-0.4, -0.2) is 6.54 Å². The maximum Gasteiger partial charge on any atom is 0.134 e. The molecule has 0 atom stereocenters. The Bertz CT molecular complexity index is 558. The molecule has 19 heavy (non-hydrogen) atoms. The van der Waals surface area contributed by atoms with Crippen LogP contribution in [0.1, 0.15) is 11.1 Å². The van der Waals surface area contributed by atoms with Gasteiger partial charge in [0.25, 0.3) is 0 Å². The molecule has 0 aliphatic rings. The summed E-state index contributed by atoms with van der Waals surface area (Å²) < 4.78 is 7.82. The third-order valence-corrected chi connectivity index (χ3v) is 3.92. The maximum absolute atomic E-state index is 5.86. The standard InChI is InChI=1S/C15H15Br2NO/c16-13-5-6-15(14(17)9-13)19-10-12-4-2-1-3-11(12)7-8-18/h1-6,9H,7-8,10,18H2. The van der Waals surface area contributed by atoms with Crippen molar-refractivity contribution in [1.82, 2.24) is 0 Å². The third kappa shape index (κ3) is 4.06. The number of halogens is 2. The van der Waals surface area contributed by atoms with Crippen molar-refractivity contribution in [3.63, 3.8) is 0 Å². The van der Waals surface area contributed by atoms with Gasteiger partial charge < -0.3 is 10.5 Å². The molecule has 0 amide bonds. The van der Waals surface area contributed by atoms with Crippen molar-refractivity contribution in [2.24, 2.45) is 5.73 Å². The van der Waals surface area contributed by atoms with Crippen LogP contribution in [0.15, 0.2) is 51.4 Å². The Morgan fingerprint density at radius 1 is 1.00 bits per heavy atom. The Morgan fingerprint density at radius 3 is 2.42 bits per heavy atom. The lowest BCUT2D eigenvalue weighted by atomic mass is 10.1. The van der Waals surface area contributed by atoms with E-state index in [1.165, 1.54) is 11.1 Å². The van der Waals surface area contributed by atoms with Gasteiger partial charge in [-0.2, -0.15) is 0 Å². The van der Waals surface area contributed by atoms with Gasteiger partial charge in [-0.25, -0.2) is 0 Å². The van der Waals surface area contributed by atoms with E-state index in [4.69, 9.17) is 10.5 Å². The number of benzene rings is 2. The van der Waals surface area contributed by atoms with Crippen molar-refractivity contribution in [2.45, 2.75) is 13.0 Å². The average Bonchev–Trinajstić information content (AvgIpc) is 2.40. The van der Waals surface area contributed by atoms with Gasteiger partial charge in [-0.1, -0.05) is 40.2 Å². The molecule has 0 fully saturated rings. The Labute approximate surface area is 130 Å². The van der Waals surface area contributed by atoms with E-state index in [0.717, 1.165) is 21.1 Å². The molecule has 0 bridgehead atoms. The molecule has 2 N–H and O–H groups in total. The fraction of sp³-hybridized carbons (Fsp3) is 0.200. The lowest BCUT2D eigenvalue weighted by Gasteiger charge is -2.11. The molecule has 0 aliphatic heterocycles. The van der Waals surface area contributed by atoms with Crippen LogP contribution < -0.4 is 10.5 Å². The van der Waals surface area contributed by atoms with Crippen molar-refractivity contribution in [3.05, 3.63) is 62.5 Å². The largest absolute Gasteiger partial charge is 0.488 e. The van der Waals surface area contributed by atoms with Crippen LogP contribution in [0, 0.1) is 0 Å². The van der Waals surface area contributed by atoms with Crippen molar-refractivity contribution in [1.29, 1.82) is 0 Å². The molecule has 0 heterocycles. The summed E-state index contributed by atoms with van der Waals surface area (Å²) in [4.78, 5) is 0. The summed E-state index contributed by atoms with van der Waals surface area (Å²) >= 11 is 6.92. The van der Waals surface area contributed by atoms with E-state index >= 15 is 0 Å². The van der Waals surface area contributed by atoms with Crippen LogP contribution in [0.4, 0.5) is 0 Å². The van der Waals surface area contributed by atoms with Gasteiger partial charge in [-0.05, 0) is 58.2 Å². The molecule has 2 nitrogen and oxygen atoms in total. The first-order chi connectivity index (χ1) is 9.20. The van der Waals surface area contributed by atoms with Crippen molar-refractivity contribution >= 4 is 31.9 Å². The van der Waals surface area contributed by atoms with Crippen LogP contribution in [0.25, 0.3) is 0 Å². The van der Waals surface area contributed by atoms with E-state index in [2.05, 4.69) is 44.0 Å². The van der Waals surface area contributed by atoms with Crippen LogP contribution in [0.3, 0.4) is 0 Å². The van der Waals surface area contributed by atoms with E-state index in [1.807, 2.05) is 30.3 Å². The zero-order valence-electron chi connectivity index (χ0n) is 10.4. The van der Waals surface area contributed by atoms with Gasteiger partial charge in [-0.15, -0.1) is 0 Å². The summed E-state index contributed by atoms with van der Waals surface area (Å²) in [5.41, 5.74) is 8.06. The van der Waals surface area contributed by atoms with Crippen LogP contribution in [0.2, 0.25) is 0 Å². The monoisotopic (exact) mass is 383 g/mol. The minimum absolute atomic E-state index is 0.552. The first-order valence-corrected chi connectivity index (χ1v) is 7.64. The molecule has 0 aromatic heterocycles. The highest BCUT2D eigenvalue weighted by atomic mass is 79.9. The fourth-order valence-electron chi connectivity index (χ4n) is 1.85. The van der Waals surface area contributed by atoms with Crippen molar-refractivity contribution in [2.75, 3.05) is 6.54 Å². The molecule has 4 heteroatoms. The number of rotatable bonds is 5. The molecule has 0 saturated carbocycles. The molecule has 2 aromatic carbocycles. The normalized spacial score (nSPS) is 10.5. The lowest BCUT2D eigenvalue weighted by Crippen LogP contribution is -2.07. The van der Waals surface area contributed by atoms with Crippen LogP contribution >= 0.6 is 31.9 Å². The predicted molar refractivity (Wildman–Crippen MR) is 85.4 cm³/mol. The summed E-state index contributed by atoms with van der Waals surface area (Å²) in [5.74, 6) is 0.839. The van der Waals surface area contributed by atoms with Gasteiger partial charge in [-0.3, -0.25) is 0 Å². The number of hydrogen-bond donors (Lipinski definition) is 1. The summed E-state index contributed by atoms with van der Waals surface area (Å²) in [5, 5.41) is 0. The van der Waals surface area contributed by atoms with E-state index in [9.17, 15) is 0 Å². The number of ether oxygens (including phenoxy) is 1. The summed E-state index contributed by atoms with van der Waals surface area (Å²) in [7, 11) is 0. The first kappa shape index (κ1) is 14.6. The molecule has 0 unspecified atom stereocenters. The van der Waals surface area contributed by atoms with E-state index in [-0.39, 0.29) is 0 Å². The maximum atomic E-state index is 5.86. The molecular weight excluding hydrogens is 370 g/mol. The molecule has 0 radical (unpaired) electrons. The zero-order valence-corrected chi connectivity index (χ0v) is 13.6. The van der Waals surface area contributed by atoms with Gasteiger partial charge in [0, 0.05) is 4.47 Å². The molecule has 0 spiro atoms. The van der Waals surface area contributed by atoms with Crippen molar-refractivity contribution < 1.29 is 4.74 Å². The first-order valence-electron chi connectivity index (χ1n) is 6.05. The molecule has 100 valence electrons. The average molecular weight is 385 g/mol. The van der Waals surface area contributed by atoms with Gasteiger partial charge in [0.15, 0.2) is 0 Å². The summed E-state index contributed by atoms with van der Waals surface area (Å²) in [6, 6.07) is 14.1. The Balaban J connectivity index is 2.10. The van der Waals surface area contributed by atoms with Crippen molar-refractivity contribution in [3.8, 4) is 5.75 Å². The molecule has 0 aliphatic carbocycles. The lowest BCUT2D eigenvalue weighted by molar-refractivity contribution is 0.303. The second kappa shape index (κ2) is 7.08. The van der Waals surface area contributed by atoms with Gasteiger partial charge in [0.2, 0.25) is 0 Å². The van der Waals surface area contributed by atoms with Crippen LogP contribution in [-0.2, 0) is 13.0 Å². The number of nitrogens with two attached hydrogens (primary N) is 1. The topological polar surface area (TPSA) is 35.2 Å². The molecular formula is C15H15Br2NO. The summed E-state index contributed by atoms with van der Waals surface area (Å²) in [6.45, 7) is 1.20. The Morgan fingerprint density at radius 2 is 1.74 bits per heavy atom. The quantitative estimate of drug-likeness (QED) is 0.834. The second-order valence-electron chi connectivity index (χ2n) is 4.17. The van der Waals surface area contributed by atoms with Gasteiger partial charge in [0.05, 0.1) is 4.47 Å². The highest BCUT2D eigenvalue weighted by molar-refractivity contribution is 9.11. The minimum Gasteiger partial charge on any atom is -0.488 e. The minimum atomic E-state index is 0.552. The fourth-order valence-corrected chi connectivity index (χ4v) is 3.01. The predicted octanol–water partition coefficient (Wildman–Crippen LogP) is 4.29. The molecule has 0 saturated heterocycles. The van der Waals surface area contributed by atoms with Gasteiger partial charge in [0.1, 0.15) is 12.4 Å². The number of hydrogen-bond acceptors (Lipinski definition) is 2. The second-order valence-corrected chi connectivity index (χ2v) is 5.94. The Hall–Kier alpha value is -0.840. The SMILES string of the molecule is NCCc1ccccc1COc1ccc(Br)cc1Br. The van der Waals surface area contributed by atoms with E-state index in [0.29, 0.717) is 13.2 Å². The highest BCUT2D eigenvalue weighted by Crippen LogP contribution is 2.29. The Kier molecular flexibility index (Phi) is 5.43.